The van der Waals surface area contributed by atoms with E-state index in [2.05, 4.69) is 8.53 Å². The Labute approximate surface area is 140 Å². The minimum absolute atomic E-state index is 0.638. The molecule has 0 unspecified atom stereocenters. The van der Waals surface area contributed by atoms with Crippen LogP contribution in [0.1, 0.15) is 6.42 Å². The molecule has 0 aliphatic heterocycles. The summed E-state index contributed by atoms with van der Waals surface area (Å²) in [6, 6.07) is 0. The molecule has 0 radical (unpaired) electrons. The molecule has 22 heavy (non-hydrogen) atoms. The van der Waals surface area contributed by atoms with E-state index in [1.54, 1.807) is 6.08 Å². The van der Waals surface area contributed by atoms with E-state index in [0.29, 0.717) is 10.8 Å². The van der Waals surface area contributed by atoms with Crippen LogP contribution in [0.3, 0.4) is 0 Å². The van der Waals surface area contributed by atoms with Gasteiger partial charge in [0.25, 0.3) is 0 Å². The predicted molar refractivity (Wildman–Crippen MR) is 85.4 cm³/mol. The van der Waals surface area contributed by atoms with E-state index in [1.165, 1.54) is 11.5 Å². The van der Waals surface area contributed by atoms with E-state index in [-0.39, 0.29) is 0 Å². The third-order valence-corrected chi connectivity index (χ3v) is 25.0. The number of rotatable bonds is 5. The van der Waals surface area contributed by atoms with E-state index in [9.17, 15) is 13.2 Å². The second-order valence-electron chi connectivity index (χ2n) is 6.94. The molecule has 1 rings (SSSR count). The average molecular weight is 459 g/mol. The average Bonchev–Trinajstić information content (AvgIpc) is 2.76. The summed E-state index contributed by atoms with van der Waals surface area (Å²) in [7, 11) is 12.0. The summed E-state index contributed by atoms with van der Waals surface area (Å²) in [6.45, 7) is 0. The number of allylic oxidation sites excluding steroid dienone is 4. The number of halogens is 3. The Hall–Kier alpha value is 0.576. The molecule has 0 atom stereocenters. The molecular formula is C14H28F3GeN3Zr. The van der Waals surface area contributed by atoms with Crippen molar-refractivity contribution in [1.82, 2.24) is 8.53 Å². The molecule has 0 amide bonds. The molecule has 0 aromatic carbocycles. The SMILES string of the molecule is C[N](C)[Zr]([C]1=[C]([Ge]([CH3])([CH3])[C](F)(F)F)C=CC1)([N](C)C)[N](C)C. The zero-order chi connectivity index (χ0) is 17.5. The molecule has 0 aromatic heterocycles. The van der Waals surface area contributed by atoms with Gasteiger partial charge in [0, 0.05) is 0 Å². The van der Waals surface area contributed by atoms with Crippen LogP contribution in [0.5, 0.6) is 0 Å². The second kappa shape index (κ2) is 6.83. The van der Waals surface area contributed by atoms with Crippen molar-refractivity contribution in [3.8, 4) is 0 Å². The Kier molecular flexibility index (Phi) is 6.40. The quantitative estimate of drug-likeness (QED) is 0.586. The van der Waals surface area contributed by atoms with Gasteiger partial charge in [-0.05, 0) is 0 Å². The fraction of sp³-hybridized carbons (Fsp3) is 0.714. The van der Waals surface area contributed by atoms with Crippen LogP contribution < -0.4 is 0 Å². The van der Waals surface area contributed by atoms with Crippen LogP contribution >= 0.6 is 0 Å². The van der Waals surface area contributed by atoms with Crippen LogP contribution in [-0.2, 0) is 21.1 Å². The fourth-order valence-corrected chi connectivity index (χ4v) is 25.1. The first kappa shape index (κ1) is 20.6. The molecule has 3 nitrogen and oxygen atoms in total. The van der Waals surface area contributed by atoms with Gasteiger partial charge in [0.05, 0.1) is 0 Å². The van der Waals surface area contributed by atoms with Gasteiger partial charge < -0.3 is 0 Å². The van der Waals surface area contributed by atoms with Gasteiger partial charge in [0.1, 0.15) is 0 Å². The zero-order valence-electron chi connectivity index (χ0n) is 14.8. The number of nitrogens with zero attached hydrogens (tertiary/aromatic N) is 3. The number of hydrogen-bond donors (Lipinski definition) is 0. The van der Waals surface area contributed by atoms with Gasteiger partial charge >= 0.3 is 141 Å². The van der Waals surface area contributed by atoms with Gasteiger partial charge in [0.2, 0.25) is 0 Å². The third kappa shape index (κ3) is 3.21. The van der Waals surface area contributed by atoms with Crippen LogP contribution in [0.15, 0.2) is 19.8 Å². The van der Waals surface area contributed by atoms with Crippen LogP contribution in [0.2, 0.25) is 11.5 Å². The molecule has 128 valence electrons. The van der Waals surface area contributed by atoms with Gasteiger partial charge in [0.15, 0.2) is 0 Å². The van der Waals surface area contributed by atoms with Crippen molar-refractivity contribution in [3.05, 3.63) is 19.8 Å². The molecule has 1 aliphatic rings. The predicted octanol–water partition coefficient (Wildman–Crippen LogP) is 3.13. The Morgan fingerprint density at radius 3 is 1.68 bits per heavy atom. The van der Waals surface area contributed by atoms with Crippen molar-refractivity contribution in [1.29, 1.82) is 0 Å². The van der Waals surface area contributed by atoms with Gasteiger partial charge in [-0.3, -0.25) is 0 Å². The van der Waals surface area contributed by atoms with Crippen LogP contribution in [0.25, 0.3) is 0 Å². The first-order valence-electron chi connectivity index (χ1n) is 7.30. The summed E-state index contributed by atoms with van der Waals surface area (Å²) in [6.07, 6.45) is 4.35. The van der Waals surface area contributed by atoms with Crippen molar-refractivity contribution in [2.45, 2.75) is 22.9 Å². The van der Waals surface area contributed by atoms with E-state index in [4.69, 9.17) is 0 Å². The molecule has 0 saturated carbocycles. The van der Waals surface area contributed by atoms with Gasteiger partial charge in [-0.1, -0.05) is 0 Å². The van der Waals surface area contributed by atoms with Gasteiger partial charge in [-0.15, -0.1) is 0 Å². The zero-order valence-corrected chi connectivity index (χ0v) is 19.4. The van der Waals surface area contributed by atoms with Crippen LogP contribution in [-0.4, -0.2) is 69.1 Å². The van der Waals surface area contributed by atoms with E-state index in [1.807, 2.05) is 48.4 Å². The summed E-state index contributed by atoms with van der Waals surface area (Å²) in [5, 5.41) is -4.07. The topological polar surface area (TPSA) is 9.72 Å². The van der Waals surface area contributed by atoms with Crippen molar-refractivity contribution in [3.63, 3.8) is 0 Å². The third-order valence-electron chi connectivity index (χ3n) is 4.59. The van der Waals surface area contributed by atoms with E-state index >= 15 is 0 Å². The Balaban J connectivity index is 3.64. The molecule has 8 heteroatoms. The second-order valence-corrected chi connectivity index (χ2v) is 27.3. The van der Waals surface area contributed by atoms with E-state index in [0.717, 1.165) is 3.28 Å². The monoisotopic (exact) mass is 459 g/mol. The first-order chi connectivity index (χ1) is 9.81. The van der Waals surface area contributed by atoms with Crippen LogP contribution in [0, 0.1) is 0 Å². The van der Waals surface area contributed by atoms with Crippen molar-refractivity contribution in [2.75, 3.05) is 42.3 Å². The molecule has 0 heterocycles. The Bertz CT molecular complexity index is 460. The molecule has 1 aliphatic carbocycles. The van der Waals surface area contributed by atoms with Crippen LogP contribution in [0.4, 0.5) is 13.2 Å². The number of alkyl halides is 3. The minimum atomic E-state index is -4.11. The van der Waals surface area contributed by atoms with Gasteiger partial charge in [-0.25, -0.2) is 0 Å². The Morgan fingerprint density at radius 2 is 1.36 bits per heavy atom. The molecule has 0 saturated heterocycles. The Morgan fingerprint density at radius 1 is 0.955 bits per heavy atom. The van der Waals surface area contributed by atoms with Gasteiger partial charge in [-0.2, -0.15) is 0 Å². The van der Waals surface area contributed by atoms with E-state index < -0.39 is 39.4 Å². The normalized spacial score (nSPS) is 17.5. The number of hydrogen-bond acceptors (Lipinski definition) is 3. The molecular weight excluding hydrogens is 431 g/mol. The molecule has 0 N–H and O–H groups in total. The maximum absolute atomic E-state index is 13.6. The fourth-order valence-electron chi connectivity index (χ4n) is 3.57. The first-order valence-corrected chi connectivity index (χ1v) is 18.1. The standard InChI is InChI=1S/C8H10F3Ge.3C2H6N.Zr/c1-12(2,8(9,10)11)7-5-3-4-6-7;3*1-3-2;/h3,5H,4H2,1-2H3;3*1-2H3;/q;3*-1;+3. The van der Waals surface area contributed by atoms with Crippen molar-refractivity contribution < 1.29 is 34.3 Å². The summed E-state index contributed by atoms with van der Waals surface area (Å²) in [4.78, 5) is 0. The summed E-state index contributed by atoms with van der Waals surface area (Å²) in [5.74, 6) is 2.95. The van der Waals surface area contributed by atoms with Crippen molar-refractivity contribution in [2.24, 2.45) is 0 Å². The summed E-state index contributed by atoms with van der Waals surface area (Å²) >= 11 is -7.52. The van der Waals surface area contributed by atoms with Crippen molar-refractivity contribution >= 4 is 13.3 Å². The molecule has 0 bridgehead atoms. The summed E-state index contributed by atoms with van der Waals surface area (Å²) in [5.41, 5.74) is 0. The maximum atomic E-state index is 13.6. The molecule has 0 fully saturated rings. The molecule has 0 spiro atoms. The molecule has 0 aromatic rings. The summed E-state index contributed by atoms with van der Waals surface area (Å²) < 4.78 is 49.2.